The number of hydrogen-bond acceptors (Lipinski definition) is 3. The average Bonchev–Trinajstić information content (AvgIpc) is 2.63. The second-order valence-electron chi connectivity index (χ2n) is 6.37. The van der Waals surface area contributed by atoms with Crippen LogP contribution in [0.3, 0.4) is 0 Å². The van der Waals surface area contributed by atoms with Crippen molar-refractivity contribution in [3.05, 3.63) is 89.5 Å². The number of hydrogen-bond donors (Lipinski definition) is 3. The fraction of sp³-hybridized carbons (Fsp3) is 0.182. The summed E-state index contributed by atoms with van der Waals surface area (Å²) in [4.78, 5) is 0. The molecule has 0 aromatic heterocycles. The lowest BCUT2D eigenvalue weighted by Gasteiger charge is -2.35. The zero-order valence-electron chi connectivity index (χ0n) is 14.2. The van der Waals surface area contributed by atoms with Gasteiger partial charge in [0.15, 0.2) is 0 Å². The minimum absolute atomic E-state index is 0.240. The van der Waals surface area contributed by atoms with Crippen molar-refractivity contribution >= 4 is 0 Å². The number of phenolic OH excluding ortho intramolecular Hbond substituents is 3. The maximum Gasteiger partial charge on any atom is 0.115 e. The molecule has 3 nitrogen and oxygen atoms in total. The molecule has 0 aliphatic rings. The van der Waals surface area contributed by atoms with Gasteiger partial charge in [0.05, 0.1) is 0 Å². The summed E-state index contributed by atoms with van der Waals surface area (Å²) in [5, 5.41) is 28.9. The highest BCUT2D eigenvalue weighted by Gasteiger charge is 2.32. The van der Waals surface area contributed by atoms with Crippen LogP contribution in [0.15, 0.2) is 72.8 Å². The van der Waals surface area contributed by atoms with Crippen molar-refractivity contribution in [2.75, 3.05) is 0 Å². The summed E-state index contributed by atoms with van der Waals surface area (Å²) in [6.07, 6.45) is 1.60. The Balaban J connectivity index is 2.12. The average molecular weight is 334 g/mol. The maximum atomic E-state index is 9.66. The Kier molecular flexibility index (Phi) is 4.66. The number of aromatic hydroxyl groups is 3. The first-order valence-electron chi connectivity index (χ1n) is 8.40. The lowest BCUT2D eigenvalue weighted by molar-refractivity contribution is 0.464. The van der Waals surface area contributed by atoms with E-state index in [1.807, 2.05) is 36.4 Å². The predicted octanol–water partition coefficient (Wildman–Crippen LogP) is 4.74. The lowest BCUT2D eigenvalue weighted by Crippen LogP contribution is -2.29. The highest BCUT2D eigenvalue weighted by atomic mass is 16.3. The molecule has 3 heteroatoms. The first kappa shape index (κ1) is 16.9. The van der Waals surface area contributed by atoms with Gasteiger partial charge in [-0.05, 0) is 65.9 Å². The number of benzene rings is 3. The predicted molar refractivity (Wildman–Crippen MR) is 99.1 cm³/mol. The van der Waals surface area contributed by atoms with E-state index in [1.165, 1.54) is 0 Å². The molecular formula is C22H22O3. The third kappa shape index (κ3) is 3.45. The van der Waals surface area contributed by atoms with Gasteiger partial charge in [0, 0.05) is 5.41 Å². The molecule has 0 radical (unpaired) electrons. The summed E-state index contributed by atoms with van der Waals surface area (Å²) in [6, 6.07) is 21.9. The molecule has 0 aliphatic heterocycles. The normalized spacial score (nSPS) is 11.4. The molecule has 0 unspecified atom stereocenters. The van der Waals surface area contributed by atoms with Gasteiger partial charge < -0.3 is 15.3 Å². The van der Waals surface area contributed by atoms with E-state index >= 15 is 0 Å². The van der Waals surface area contributed by atoms with E-state index in [1.54, 1.807) is 36.4 Å². The van der Waals surface area contributed by atoms with E-state index in [9.17, 15) is 15.3 Å². The highest BCUT2D eigenvalue weighted by molar-refractivity contribution is 5.45. The summed E-state index contributed by atoms with van der Waals surface area (Å²) in [6.45, 7) is 2.14. The number of phenols is 3. The third-order valence-electron chi connectivity index (χ3n) is 4.89. The zero-order valence-corrected chi connectivity index (χ0v) is 14.2. The van der Waals surface area contributed by atoms with Crippen LogP contribution < -0.4 is 0 Å². The van der Waals surface area contributed by atoms with Gasteiger partial charge >= 0.3 is 0 Å². The van der Waals surface area contributed by atoms with E-state index < -0.39 is 0 Å². The van der Waals surface area contributed by atoms with Crippen molar-refractivity contribution in [3.63, 3.8) is 0 Å². The SMILES string of the molecule is CCC(Cc1ccc(O)cc1)(c1ccc(O)cc1)c1ccc(O)cc1. The Morgan fingerprint density at radius 2 is 0.960 bits per heavy atom. The smallest absolute Gasteiger partial charge is 0.115 e. The van der Waals surface area contributed by atoms with Crippen LogP contribution in [0.2, 0.25) is 0 Å². The lowest BCUT2D eigenvalue weighted by atomic mass is 9.68. The monoisotopic (exact) mass is 334 g/mol. The van der Waals surface area contributed by atoms with E-state index in [2.05, 4.69) is 6.92 Å². The summed E-state index contributed by atoms with van der Waals surface area (Å²) >= 11 is 0. The maximum absolute atomic E-state index is 9.66. The molecule has 0 atom stereocenters. The quantitative estimate of drug-likeness (QED) is 0.631. The molecule has 3 aromatic rings. The summed E-state index contributed by atoms with van der Waals surface area (Å²) in [5.74, 6) is 0.730. The molecule has 0 heterocycles. The van der Waals surface area contributed by atoms with Crippen molar-refractivity contribution in [2.45, 2.75) is 25.2 Å². The van der Waals surface area contributed by atoms with E-state index in [4.69, 9.17) is 0 Å². The molecule has 3 aromatic carbocycles. The molecule has 0 saturated carbocycles. The van der Waals surface area contributed by atoms with Gasteiger partial charge in [0.1, 0.15) is 17.2 Å². The molecule has 0 aliphatic carbocycles. The fourth-order valence-corrected chi connectivity index (χ4v) is 3.43. The fourth-order valence-electron chi connectivity index (χ4n) is 3.43. The Labute approximate surface area is 147 Å². The molecule has 128 valence electrons. The van der Waals surface area contributed by atoms with Crippen LogP contribution in [0, 0.1) is 0 Å². The van der Waals surface area contributed by atoms with Crippen LogP contribution in [0.1, 0.15) is 30.0 Å². The molecule has 0 saturated heterocycles. The van der Waals surface area contributed by atoms with E-state index in [0.29, 0.717) is 0 Å². The van der Waals surface area contributed by atoms with Crippen molar-refractivity contribution in [1.29, 1.82) is 0 Å². The van der Waals surface area contributed by atoms with Gasteiger partial charge in [0.2, 0.25) is 0 Å². The Morgan fingerprint density at radius 3 is 1.32 bits per heavy atom. The zero-order chi connectivity index (χ0) is 17.9. The van der Waals surface area contributed by atoms with Gasteiger partial charge in [-0.15, -0.1) is 0 Å². The standard InChI is InChI=1S/C22H22O3/c1-2-22(17-5-11-20(24)12-6-17,18-7-13-21(25)14-8-18)15-16-3-9-19(23)10-4-16/h3-14,23-25H,2,15H2,1H3. The van der Waals surface area contributed by atoms with Crippen molar-refractivity contribution < 1.29 is 15.3 Å². The van der Waals surface area contributed by atoms with Crippen LogP contribution in [0.25, 0.3) is 0 Å². The second-order valence-corrected chi connectivity index (χ2v) is 6.37. The Hall–Kier alpha value is -2.94. The molecular weight excluding hydrogens is 312 g/mol. The Bertz CT molecular complexity index is 773. The third-order valence-corrected chi connectivity index (χ3v) is 4.89. The summed E-state index contributed by atoms with van der Waals surface area (Å²) in [7, 11) is 0. The van der Waals surface area contributed by atoms with E-state index in [0.717, 1.165) is 29.5 Å². The highest BCUT2D eigenvalue weighted by Crippen LogP contribution is 2.40. The molecule has 3 rings (SSSR count). The van der Waals surface area contributed by atoms with Gasteiger partial charge in [-0.1, -0.05) is 43.3 Å². The molecule has 0 fully saturated rings. The van der Waals surface area contributed by atoms with Crippen LogP contribution in [-0.4, -0.2) is 15.3 Å². The van der Waals surface area contributed by atoms with Crippen molar-refractivity contribution in [2.24, 2.45) is 0 Å². The second kappa shape index (κ2) is 6.89. The Morgan fingerprint density at radius 1 is 0.600 bits per heavy atom. The van der Waals surface area contributed by atoms with Crippen LogP contribution in [0.4, 0.5) is 0 Å². The van der Waals surface area contributed by atoms with Crippen LogP contribution in [0.5, 0.6) is 17.2 Å². The minimum Gasteiger partial charge on any atom is -0.508 e. The first-order chi connectivity index (χ1) is 12.0. The summed E-state index contributed by atoms with van der Waals surface area (Å²) < 4.78 is 0. The van der Waals surface area contributed by atoms with Gasteiger partial charge in [-0.2, -0.15) is 0 Å². The minimum atomic E-state index is -0.293. The number of rotatable bonds is 5. The largest absolute Gasteiger partial charge is 0.508 e. The molecule has 3 N–H and O–H groups in total. The first-order valence-corrected chi connectivity index (χ1v) is 8.40. The molecule has 0 spiro atoms. The van der Waals surface area contributed by atoms with Gasteiger partial charge in [0.25, 0.3) is 0 Å². The van der Waals surface area contributed by atoms with Crippen molar-refractivity contribution in [3.8, 4) is 17.2 Å². The molecule has 0 amide bonds. The van der Waals surface area contributed by atoms with Crippen LogP contribution in [-0.2, 0) is 11.8 Å². The van der Waals surface area contributed by atoms with Crippen LogP contribution >= 0.6 is 0 Å². The summed E-state index contributed by atoms with van der Waals surface area (Å²) in [5.41, 5.74) is 3.03. The van der Waals surface area contributed by atoms with Crippen molar-refractivity contribution in [1.82, 2.24) is 0 Å². The van der Waals surface area contributed by atoms with E-state index in [-0.39, 0.29) is 22.7 Å². The topological polar surface area (TPSA) is 60.7 Å². The molecule has 25 heavy (non-hydrogen) atoms. The van der Waals surface area contributed by atoms with Gasteiger partial charge in [-0.25, -0.2) is 0 Å². The van der Waals surface area contributed by atoms with Gasteiger partial charge in [-0.3, -0.25) is 0 Å². The molecule has 0 bridgehead atoms.